The zero-order valence-corrected chi connectivity index (χ0v) is 17.3. The van der Waals surface area contributed by atoms with E-state index < -0.39 is 0 Å². The molecule has 0 saturated heterocycles. The van der Waals surface area contributed by atoms with Crippen LogP contribution in [0.15, 0.2) is 30.5 Å². The molecule has 150 valence electrons. The Hall–Kier alpha value is -2.56. The molecule has 2 aliphatic carbocycles. The smallest absolute Gasteiger partial charge is 0.252 e. The van der Waals surface area contributed by atoms with Crippen molar-refractivity contribution in [1.82, 2.24) is 19.6 Å². The van der Waals surface area contributed by atoms with Gasteiger partial charge in [0.05, 0.1) is 11.3 Å². The standard InChI is InChI=1S/C24H28N4O/c1-15(2)16-8-10-17(11-9-16)19-12-21-20(22(29)13-19)14-25-24-26-23(27-28(21)24)18-6-4-3-5-7-18/h8-11,14-15,18-19H,3-7,12-13H2,1-2H3. The van der Waals surface area contributed by atoms with Crippen molar-refractivity contribution in [2.75, 3.05) is 0 Å². The number of hydrogen-bond donors (Lipinski definition) is 0. The molecule has 5 nitrogen and oxygen atoms in total. The number of fused-ring (bicyclic) bond motifs is 3. The first-order chi connectivity index (χ1) is 14.1. The zero-order chi connectivity index (χ0) is 20.0. The van der Waals surface area contributed by atoms with Gasteiger partial charge in [0.2, 0.25) is 0 Å². The number of benzene rings is 1. The number of aromatic nitrogens is 4. The van der Waals surface area contributed by atoms with Crippen molar-refractivity contribution in [3.05, 3.63) is 58.7 Å². The fourth-order valence-corrected chi connectivity index (χ4v) is 4.89. The largest absolute Gasteiger partial charge is 0.294 e. The molecule has 0 radical (unpaired) electrons. The maximum Gasteiger partial charge on any atom is 0.252 e. The lowest BCUT2D eigenvalue weighted by Crippen LogP contribution is -2.22. The first-order valence-electron chi connectivity index (χ1n) is 11.0. The number of ketones is 1. The van der Waals surface area contributed by atoms with Gasteiger partial charge in [0.25, 0.3) is 5.78 Å². The van der Waals surface area contributed by atoms with E-state index in [2.05, 4.69) is 43.1 Å². The highest BCUT2D eigenvalue weighted by Gasteiger charge is 2.30. The van der Waals surface area contributed by atoms with E-state index in [1.807, 2.05) is 4.52 Å². The number of rotatable bonds is 3. The third-order valence-electron chi connectivity index (χ3n) is 6.70. The van der Waals surface area contributed by atoms with Gasteiger partial charge in [0.15, 0.2) is 11.6 Å². The molecule has 5 rings (SSSR count). The third kappa shape index (κ3) is 3.37. The van der Waals surface area contributed by atoms with E-state index in [1.54, 1.807) is 6.20 Å². The normalized spacial score (nSPS) is 20.4. The molecule has 1 fully saturated rings. The first-order valence-corrected chi connectivity index (χ1v) is 11.0. The Kier molecular flexibility index (Phi) is 4.69. The van der Waals surface area contributed by atoms with Crippen LogP contribution in [0.25, 0.3) is 5.78 Å². The van der Waals surface area contributed by atoms with Gasteiger partial charge in [-0.05, 0) is 42.2 Å². The fraction of sp³-hybridized carbons (Fsp3) is 0.500. The van der Waals surface area contributed by atoms with Crippen molar-refractivity contribution < 1.29 is 4.79 Å². The van der Waals surface area contributed by atoms with Gasteiger partial charge in [-0.2, -0.15) is 4.98 Å². The van der Waals surface area contributed by atoms with Crippen LogP contribution in [0.4, 0.5) is 0 Å². The summed E-state index contributed by atoms with van der Waals surface area (Å²) in [5, 5.41) is 4.84. The van der Waals surface area contributed by atoms with E-state index >= 15 is 0 Å². The number of nitrogens with zero attached hydrogens (tertiary/aromatic N) is 4. The van der Waals surface area contributed by atoms with E-state index in [9.17, 15) is 4.79 Å². The van der Waals surface area contributed by atoms with Gasteiger partial charge in [-0.1, -0.05) is 57.4 Å². The predicted molar refractivity (Wildman–Crippen MR) is 113 cm³/mol. The lowest BCUT2D eigenvalue weighted by atomic mass is 9.81. The first kappa shape index (κ1) is 18.5. The molecule has 2 aliphatic rings. The predicted octanol–water partition coefficient (Wildman–Crippen LogP) is 5.21. The van der Waals surface area contributed by atoms with Gasteiger partial charge in [0.1, 0.15) is 0 Å². The monoisotopic (exact) mass is 388 g/mol. The molecule has 1 aromatic carbocycles. The van der Waals surface area contributed by atoms with E-state index in [1.165, 1.54) is 30.4 Å². The summed E-state index contributed by atoms with van der Waals surface area (Å²) in [6, 6.07) is 8.76. The average molecular weight is 389 g/mol. The maximum atomic E-state index is 12.9. The van der Waals surface area contributed by atoms with Gasteiger partial charge in [-0.3, -0.25) is 4.79 Å². The molecule has 2 aromatic heterocycles. The van der Waals surface area contributed by atoms with Crippen LogP contribution in [0.3, 0.4) is 0 Å². The van der Waals surface area contributed by atoms with Crippen LogP contribution in [-0.4, -0.2) is 25.4 Å². The van der Waals surface area contributed by atoms with Crippen LogP contribution >= 0.6 is 0 Å². The summed E-state index contributed by atoms with van der Waals surface area (Å²) in [5.41, 5.74) is 4.24. The maximum absolute atomic E-state index is 12.9. The molecule has 29 heavy (non-hydrogen) atoms. The minimum Gasteiger partial charge on any atom is -0.294 e. The Morgan fingerprint density at radius 2 is 1.76 bits per heavy atom. The Bertz CT molecular complexity index is 1040. The molecule has 5 heteroatoms. The average Bonchev–Trinajstić information content (AvgIpc) is 3.19. The molecule has 3 aromatic rings. The lowest BCUT2D eigenvalue weighted by Gasteiger charge is -2.24. The Morgan fingerprint density at radius 3 is 2.48 bits per heavy atom. The van der Waals surface area contributed by atoms with Gasteiger partial charge < -0.3 is 0 Å². The molecule has 1 atom stereocenters. The highest BCUT2D eigenvalue weighted by molar-refractivity contribution is 5.98. The highest BCUT2D eigenvalue weighted by atomic mass is 16.1. The van der Waals surface area contributed by atoms with Crippen LogP contribution in [0.5, 0.6) is 0 Å². The van der Waals surface area contributed by atoms with Gasteiger partial charge in [-0.25, -0.2) is 9.50 Å². The van der Waals surface area contributed by atoms with Gasteiger partial charge in [-0.15, -0.1) is 5.10 Å². The summed E-state index contributed by atoms with van der Waals surface area (Å²) < 4.78 is 1.85. The SMILES string of the molecule is CC(C)c1ccc(C2CC(=O)c3cnc4nc(C5CCCCC5)nn4c3C2)cc1. The summed E-state index contributed by atoms with van der Waals surface area (Å²) in [4.78, 5) is 22.1. The van der Waals surface area contributed by atoms with Crippen molar-refractivity contribution in [1.29, 1.82) is 0 Å². The Balaban J connectivity index is 1.50. The summed E-state index contributed by atoms with van der Waals surface area (Å²) >= 11 is 0. The molecule has 2 heterocycles. The molecular weight excluding hydrogens is 360 g/mol. The quantitative estimate of drug-likeness (QED) is 0.618. The molecule has 1 saturated carbocycles. The molecular formula is C24H28N4O. The molecule has 0 bridgehead atoms. The van der Waals surface area contributed by atoms with Crippen molar-refractivity contribution in [2.45, 2.75) is 76.5 Å². The minimum absolute atomic E-state index is 0.160. The number of hydrogen-bond acceptors (Lipinski definition) is 4. The lowest BCUT2D eigenvalue weighted by molar-refractivity contribution is 0.0962. The molecule has 0 spiro atoms. The summed E-state index contributed by atoms with van der Waals surface area (Å²) in [6.45, 7) is 4.40. The van der Waals surface area contributed by atoms with Crippen LogP contribution in [0.2, 0.25) is 0 Å². The second-order valence-corrected chi connectivity index (χ2v) is 8.99. The second-order valence-electron chi connectivity index (χ2n) is 8.99. The van der Waals surface area contributed by atoms with E-state index in [0.717, 1.165) is 30.8 Å². The summed E-state index contributed by atoms with van der Waals surface area (Å²) in [7, 11) is 0. The molecule has 0 amide bonds. The number of carbonyl (C=O) groups is 1. The zero-order valence-electron chi connectivity index (χ0n) is 17.3. The van der Waals surface area contributed by atoms with Crippen molar-refractivity contribution >= 4 is 11.6 Å². The summed E-state index contributed by atoms with van der Waals surface area (Å²) in [5.74, 6) is 2.82. The molecule has 1 unspecified atom stereocenters. The second kappa shape index (κ2) is 7.36. The van der Waals surface area contributed by atoms with Gasteiger partial charge in [0, 0.05) is 18.5 Å². The topological polar surface area (TPSA) is 60.2 Å². The van der Waals surface area contributed by atoms with Crippen LogP contribution in [0.1, 0.15) is 103 Å². The van der Waals surface area contributed by atoms with Crippen molar-refractivity contribution in [3.8, 4) is 0 Å². The van der Waals surface area contributed by atoms with Crippen LogP contribution in [-0.2, 0) is 6.42 Å². The minimum atomic E-state index is 0.160. The molecule has 0 N–H and O–H groups in total. The number of Topliss-reactive ketones (excluding diaryl/α,β-unsaturated/α-hetero) is 1. The van der Waals surface area contributed by atoms with E-state index in [4.69, 9.17) is 10.1 Å². The van der Waals surface area contributed by atoms with E-state index in [0.29, 0.717) is 29.6 Å². The Labute approximate surface area is 171 Å². The van der Waals surface area contributed by atoms with Crippen LogP contribution in [0, 0.1) is 0 Å². The number of carbonyl (C=O) groups excluding carboxylic acids is 1. The fourth-order valence-electron chi connectivity index (χ4n) is 4.89. The third-order valence-corrected chi connectivity index (χ3v) is 6.70. The Morgan fingerprint density at radius 1 is 1.00 bits per heavy atom. The van der Waals surface area contributed by atoms with Crippen molar-refractivity contribution in [2.24, 2.45) is 0 Å². The molecule has 0 aliphatic heterocycles. The van der Waals surface area contributed by atoms with E-state index in [-0.39, 0.29) is 11.7 Å². The van der Waals surface area contributed by atoms with Crippen molar-refractivity contribution in [3.63, 3.8) is 0 Å². The summed E-state index contributed by atoms with van der Waals surface area (Å²) in [6.07, 6.45) is 9.16. The highest BCUT2D eigenvalue weighted by Crippen LogP contribution is 2.34. The van der Waals surface area contributed by atoms with Crippen LogP contribution < -0.4 is 0 Å². The van der Waals surface area contributed by atoms with Gasteiger partial charge >= 0.3 is 0 Å².